The number of carbonyl (C=O) groups excluding carboxylic acids is 1. The Balaban J connectivity index is 2.23. The lowest BCUT2D eigenvalue weighted by Crippen LogP contribution is -2.16. The second kappa shape index (κ2) is 8.36. The van der Waals surface area contributed by atoms with Crippen LogP contribution in [0.4, 0.5) is 24.5 Å². The van der Waals surface area contributed by atoms with Crippen molar-refractivity contribution in [2.75, 3.05) is 10.6 Å². The van der Waals surface area contributed by atoms with E-state index in [0.717, 1.165) is 35.0 Å². The van der Waals surface area contributed by atoms with E-state index in [2.05, 4.69) is 10.6 Å². The number of carbonyl (C=O) groups is 1. The molecular formula is C20H17ClF3N3O. The number of nitrogens with one attached hydrogen (secondary N) is 2. The molecule has 0 aliphatic rings. The van der Waals surface area contributed by atoms with Crippen LogP contribution in [-0.4, -0.2) is 5.91 Å². The molecule has 0 aromatic heterocycles. The number of nitriles is 1. The zero-order valence-corrected chi connectivity index (χ0v) is 16.1. The summed E-state index contributed by atoms with van der Waals surface area (Å²) < 4.78 is 38.8. The number of halogens is 4. The number of benzene rings is 2. The van der Waals surface area contributed by atoms with Gasteiger partial charge in [-0.3, -0.25) is 4.79 Å². The molecule has 146 valence electrons. The Morgan fingerprint density at radius 1 is 1.14 bits per heavy atom. The van der Waals surface area contributed by atoms with E-state index in [1.54, 1.807) is 6.07 Å². The highest BCUT2D eigenvalue weighted by Gasteiger charge is 2.33. The Labute approximate surface area is 165 Å². The van der Waals surface area contributed by atoms with Crippen molar-refractivity contribution in [3.05, 3.63) is 69.4 Å². The summed E-state index contributed by atoms with van der Waals surface area (Å²) in [7, 11) is 0. The fraction of sp³-hybridized carbons (Fsp3) is 0.200. The van der Waals surface area contributed by atoms with Crippen LogP contribution in [-0.2, 0) is 11.0 Å². The Bertz CT molecular complexity index is 968. The Kier molecular flexibility index (Phi) is 6.37. The summed E-state index contributed by atoms with van der Waals surface area (Å²) in [6, 6.07) is 8.73. The molecule has 0 fully saturated rings. The van der Waals surface area contributed by atoms with E-state index in [-0.39, 0.29) is 11.3 Å². The summed E-state index contributed by atoms with van der Waals surface area (Å²) >= 11 is 5.57. The molecule has 8 heteroatoms. The number of nitrogens with zero attached hydrogens (tertiary/aromatic N) is 1. The van der Waals surface area contributed by atoms with Crippen LogP contribution in [0.2, 0.25) is 5.02 Å². The van der Waals surface area contributed by atoms with Crippen LogP contribution in [0.15, 0.2) is 42.1 Å². The first-order valence-electron chi connectivity index (χ1n) is 8.15. The Hall–Kier alpha value is -2.98. The number of anilines is 2. The lowest BCUT2D eigenvalue weighted by Gasteiger charge is -2.13. The summed E-state index contributed by atoms with van der Waals surface area (Å²) in [6.45, 7) is 5.59. The van der Waals surface area contributed by atoms with Crippen molar-refractivity contribution in [1.82, 2.24) is 0 Å². The normalized spacial score (nSPS) is 11.7. The van der Waals surface area contributed by atoms with Gasteiger partial charge in [0.25, 0.3) is 5.91 Å². The molecule has 0 atom stereocenters. The first kappa shape index (κ1) is 21.3. The Morgan fingerprint density at radius 2 is 1.75 bits per heavy atom. The number of hydrogen-bond donors (Lipinski definition) is 2. The summed E-state index contributed by atoms with van der Waals surface area (Å²) in [5, 5.41) is 14.0. The van der Waals surface area contributed by atoms with E-state index in [9.17, 15) is 23.2 Å². The standard InChI is InChI=1S/C20H17ClF3N3O/c1-11-6-12(2)18(13(3)7-11)27-19(28)14(9-25)10-26-15-4-5-17(21)16(8-15)20(22,23)24/h4-8,10,26H,1-3H3,(H,27,28)/b14-10-. The molecule has 1 amide bonds. The van der Waals surface area contributed by atoms with Crippen LogP contribution in [0.1, 0.15) is 22.3 Å². The summed E-state index contributed by atoms with van der Waals surface area (Å²) in [6.07, 6.45) is -3.56. The van der Waals surface area contributed by atoms with Gasteiger partial charge in [-0.15, -0.1) is 0 Å². The van der Waals surface area contributed by atoms with Gasteiger partial charge in [-0.2, -0.15) is 18.4 Å². The fourth-order valence-electron chi connectivity index (χ4n) is 2.69. The minimum atomic E-state index is -4.62. The van der Waals surface area contributed by atoms with Gasteiger partial charge in [0.15, 0.2) is 0 Å². The smallest absolute Gasteiger partial charge is 0.360 e. The first-order valence-corrected chi connectivity index (χ1v) is 8.53. The SMILES string of the molecule is Cc1cc(C)c(NC(=O)/C(C#N)=C\Nc2ccc(Cl)c(C(F)(F)F)c2)c(C)c1. The van der Waals surface area contributed by atoms with Crippen LogP contribution in [0.3, 0.4) is 0 Å². The van der Waals surface area contributed by atoms with E-state index < -0.39 is 22.7 Å². The topological polar surface area (TPSA) is 64.9 Å². The third kappa shape index (κ3) is 5.05. The van der Waals surface area contributed by atoms with Crippen LogP contribution in [0.25, 0.3) is 0 Å². The van der Waals surface area contributed by atoms with Crippen molar-refractivity contribution in [2.24, 2.45) is 0 Å². The monoisotopic (exact) mass is 407 g/mol. The van der Waals surface area contributed by atoms with Gasteiger partial charge >= 0.3 is 6.18 Å². The third-order valence-corrected chi connectivity index (χ3v) is 4.27. The van der Waals surface area contributed by atoms with Gasteiger partial charge in [0.2, 0.25) is 0 Å². The highest BCUT2D eigenvalue weighted by atomic mass is 35.5. The molecule has 2 aromatic rings. The van der Waals surface area contributed by atoms with Gasteiger partial charge in [0.1, 0.15) is 11.6 Å². The number of aryl methyl sites for hydroxylation is 3. The van der Waals surface area contributed by atoms with E-state index in [1.165, 1.54) is 6.07 Å². The second-order valence-corrected chi connectivity index (χ2v) is 6.64. The van der Waals surface area contributed by atoms with Gasteiger partial charge in [-0.25, -0.2) is 0 Å². The summed E-state index contributed by atoms with van der Waals surface area (Å²) in [5.41, 5.74) is 2.04. The van der Waals surface area contributed by atoms with Crippen molar-refractivity contribution in [1.29, 1.82) is 5.26 Å². The number of alkyl halides is 3. The maximum atomic E-state index is 12.9. The molecule has 2 N–H and O–H groups in total. The average molecular weight is 408 g/mol. The molecule has 0 aliphatic heterocycles. The molecule has 0 spiro atoms. The maximum absolute atomic E-state index is 12.9. The van der Waals surface area contributed by atoms with Gasteiger partial charge < -0.3 is 10.6 Å². The molecule has 2 rings (SSSR count). The van der Waals surface area contributed by atoms with Crippen molar-refractivity contribution in [2.45, 2.75) is 26.9 Å². The van der Waals surface area contributed by atoms with Crippen LogP contribution in [0.5, 0.6) is 0 Å². The third-order valence-electron chi connectivity index (χ3n) is 3.94. The molecule has 0 unspecified atom stereocenters. The first-order chi connectivity index (χ1) is 13.0. The molecule has 2 aromatic carbocycles. The molecule has 28 heavy (non-hydrogen) atoms. The molecule has 0 heterocycles. The average Bonchev–Trinajstić information content (AvgIpc) is 2.58. The van der Waals surface area contributed by atoms with Crippen LogP contribution < -0.4 is 10.6 Å². The minimum absolute atomic E-state index is 0.0416. The van der Waals surface area contributed by atoms with E-state index in [4.69, 9.17) is 11.6 Å². The van der Waals surface area contributed by atoms with E-state index in [1.807, 2.05) is 32.9 Å². The zero-order chi connectivity index (χ0) is 21.1. The van der Waals surface area contributed by atoms with Crippen molar-refractivity contribution >= 4 is 28.9 Å². The largest absolute Gasteiger partial charge is 0.417 e. The molecule has 0 saturated heterocycles. The van der Waals surface area contributed by atoms with Gasteiger partial charge in [-0.05, 0) is 50.1 Å². The summed E-state index contributed by atoms with van der Waals surface area (Å²) in [4.78, 5) is 12.4. The maximum Gasteiger partial charge on any atom is 0.417 e. The van der Waals surface area contributed by atoms with Crippen LogP contribution in [0, 0.1) is 32.1 Å². The molecule has 0 aliphatic carbocycles. The highest BCUT2D eigenvalue weighted by molar-refractivity contribution is 6.31. The lowest BCUT2D eigenvalue weighted by atomic mass is 10.0. The molecule has 4 nitrogen and oxygen atoms in total. The number of hydrogen-bond acceptors (Lipinski definition) is 3. The van der Waals surface area contributed by atoms with Crippen LogP contribution >= 0.6 is 11.6 Å². The quantitative estimate of drug-likeness (QED) is 0.501. The second-order valence-electron chi connectivity index (χ2n) is 6.23. The van der Waals surface area contributed by atoms with E-state index >= 15 is 0 Å². The van der Waals surface area contributed by atoms with Gasteiger partial charge in [0.05, 0.1) is 10.6 Å². The number of amides is 1. The predicted octanol–water partition coefficient (Wildman–Crippen LogP) is 5.74. The lowest BCUT2D eigenvalue weighted by molar-refractivity contribution is -0.137. The van der Waals surface area contributed by atoms with Crippen molar-refractivity contribution < 1.29 is 18.0 Å². The summed E-state index contributed by atoms with van der Waals surface area (Å²) in [5.74, 6) is -0.671. The number of rotatable bonds is 4. The molecule has 0 radical (unpaired) electrons. The van der Waals surface area contributed by atoms with Crippen molar-refractivity contribution in [3.63, 3.8) is 0 Å². The minimum Gasteiger partial charge on any atom is -0.360 e. The molecular weight excluding hydrogens is 391 g/mol. The van der Waals surface area contributed by atoms with E-state index in [0.29, 0.717) is 5.69 Å². The highest BCUT2D eigenvalue weighted by Crippen LogP contribution is 2.36. The zero-order valence-electron chi connectivity index (χ0n) is 15.3. The van der Waals surface area contributed by atoms with Gasteiger partial charge in [0, 0.05) is 17.6 Å². The molecule has 0 bridgehead atoms. The predicted molar refractivity (Wildman–Crippen MR) is 103 cm³/mol. The molecule has 0 saturated carbocycles. The van der Waals surface area contributed by atoms with Gasteiger partial charge in [-0.1, -0.05) is 29.3 Å². The fourth-order valence-corrected chi connectivity index (χ4v) is 2.92. The van der Waals surface area contributed by atoms with Crippen molar-refractivity contribution in [3.8, 4) is 6.07 Å². The Morgan fingerprint density at radius 3 is 2.29 bits per heavy atom.